The number of hydrogen-bond acceptors (Lipinski definition) is 4. The summed E-state index contributed by atoms with van der Waals surface area (Å²) in [6.45, 7) is 0. The summed E-state index contributed by atoms with van der Waals surface area (Å²) in [5.74, 6) is 0.401. The van der Waals surface area contributed by atoms with Gasteiger partial charge in [0.25, 0.3) is 0 Å². The van der Waals surface area contributed by atoms with Crippen molar-refractivity contribution < 1.29 is 0 Å². The van der Waals surface area contributed by atoms with Crippen molar-refractivity contribution in [1.82, 2.24) is 14.6 Å². The largest absolute Gasteiger partial charge is 0.382 e. The zero-order valence-electron chi connectivity index (χ0n) is 6.10. The Balaban J connectivity index is 2.77. The molecule has 0 bridgehead atoms. The van der Waals surface area contributed by atoms with E-state index in [1.165, 1.54) is 4.52 Å². The van der Waals surface area contributed by atoms with Gasteiger partial charge >= 0.3 is 0 Å². The standard InChI is InChI=1S/C7H5N5/c8-3-5-1-2-7-10-6(9)4-12(7)11-5/h1-2,4H,9H2. The molecule has 0 atom stereocenters. The number of anilines is 1. The summed E-state index contributed by atoms with van der Waals surface area (Å²) < 4.78 is 1.48. The lowest BCUT2D eigenvalue weighted by atomic mass is 10.4. The summed E-state index contributed by atoms with van der Waals surface area (Å²) in [4.78, 5) is 3.96. The van der Waals surface area contributed by atoms with E-state index in [0.717, 1.165) is 0 Å². The molecule has 2 heterocycles. The van der Waals surface area contributed by atoms with Crippen LogP contribution in [0, 0.1) is 11.3 Å². The van der Waals surface area contributed by atoms with Gasteiger partial charge in [-0.3, -0.25) is 0 Å². The zero-order valence-corrected chi connectivity index (χ0v) is 6.10. The Labute approximate surface area is 68.1 Å². The normalized spacial score (nSPS) is 9.92. The summed E-state index contributed by atoms with van der Waals surface area (Å²) in [5, 5.41) is 12.5. The minimum Gasteiger partial charge on any atom is -0.382 e. The number of imidazole rings is 1. The van der Waals surface area contributed by atoms with Crippen molar-refractivity contribution in [3.8, 4) is 6.07 Å². The third-order valence-electron chi connectivity index (χ3n) is 1.45. The van der Waals surface area contributed by atoms with E-state index in [4.69, 9.17) is 11.0 Å². The van der Waals surface area contributed by atoms with Crippen LogP contribution >= 0.6 is 0 Å². The lowest BCUT2D eigenvalue weighted by Crippen LogP contribution is -1.92. The van der Waals surface area contributed by atoms with E-state index < -0.39 is 0 Å². The van der Waals surface area contributed by atoms with Gasteiger partial charge < -0.3 is 5.73 Å². The summed E-state index contributed by atoms with van der Waals surface area (Å²) in [6.07, 6.45) is 1.57. The smallest absolute Gasteiger partial charge is 0.161 e. The van der Waals surface area contributed by atoms with E-state index in [0.29, 0.717) is 17.2 Å². The molecule has 0 spiro atoms. The highest BCUT2D eigenvalue weighted by molar-refractivity contribution is 5.46. The fraction of sp³-hybridized carbons (Fsp3) is 0. The molecule has 12 heavy (non-hydrogen) atoms. The molecule has 0 aliphatic rings. The number of nitrogens with zero attached hydrogens (tertiary/aromatic N) is 4. The number of nitrogens with two attached hydrogens (primary N) is 1. The molecule has 2 rings (SSSR count). The van der Waals surface area contributed by atoms with Crippen LogP contribution in [0.3, 0.4) is 0 Å². The minimum atomic E-state index is 0.347. The van der Waals surface area contributed by atoms with Crippen molar-refractivity contribution >= 4 is 11.5 Å². The van der Waals surface area contributed by atoms with Gasteiger partial charge in [0.2, 0.25) is 0 Å². The second kappa shape index (κ2) is 2.20. The second-order valence-corrected chi connectivity index (χ2v) is 2.30. The summed E-state index contributed by atoms with van der Waals surface area (Å²) in [7, 11) is 0. The van der Waals surface area contributed by atoms with Gasteiger partial charge in [0, 0.05) is 0 Å². The maximum atomic E-state index is 8.53. The van der Waals surface area contributed by atoms with Crippen LogP contribution in [0.15, 0.2) is 18.3 Å². The molecule has 0 saturated heterocycles. The quantitative estimate of drug-likeness (QED) is 0.594. The van der Waals surface area contributed by atoms with E-state index in [9.17, 15) is 0 Å². The molecule has 0 saturated carbocycles. The Morgan fingerprint density at radius 1 is 1.50 bits per heavy atom. The topological polar surface area (TPSA) is 80.0 Å². The van der Waals surface area contributed by atoms with E-state index in [1.54, 1.807) is 18.3 Å². The number of rotatable bonds is 0. The average Bonchev–Trinajstić information content (AvgIpc) is 2.43. The average molecular weight is 159 g/mol. The van der Waals surface area contributed by atoms with Crippen LogP contribution in [0.4, 0.5) is 5.82 Å². The lowest BCUT2D eigenvalue weighted by Gasteiger charge is -1.89. The molecule has 58 valence electrons. The molecule has 0 fully saturated rings. The van der Waals surface area contributed by atoms with Crippen molar-refractivity contribution in [2.75, 3.05) is 5.73 Å². The predicted molar refractivity (Wildman–Crippen MR) is 42.1 cm³/mol. The molecule has 0 radical (unpaired) electrons. The van der Waals surface area contributed by atoms with Gasteiger partial charge in [-0.05, 0) is 12.1 Å². The molecule has 2 aromatic heterocycles. The Kier molecular flexibility index (Phi) is 1.21. The van der Waals surface area contributed by atoms with Crippen molar-refractivity contribution in [2.24, 2.45) is 0 Å². The van der Waals surface area contributed by atoms with Crippen LogP contribution in [0.1, 0.15) is 5.69 Å². The van der Waals surface area contributed by atoms with Crippen LogP contribution in [0.2, 0.25) is 0 Å². The summed E-state index contributed by atoms with van der Waals surface area (Å²) >= 11 is 0. The number of nitrogen functional groups attached to an aromatic ring is 1. The molecule has 0 aliphatic heterocycles. The molecule has 2 N–H and O–H groups in total. The van der Waals surface area contributed by atoms with Crippen molar-refractivity contribution in [3.63, 3.8) is 0 Å². The van der Waals surface area contributed by atoms with Crippen LogP contribution in [0.25, 0.3) is 5.65 Å². The number of aromatic nitrogens is 3. The van der Waals surface area contributed by atoms with Gasteiger partial charge in [0.1, 0.15) is 11.9 Å². The van der Waals surface area contributed by atoms with Crippen LogP contribution in [-0.4, -0.2) is 14.6 Å². The predicted octanol–water partition coefficient (Wildman–Crippen LogP) is 0.183. The van der Waals surface area contributed by atoms with E-state index >= 15 is 0 Å². The first-order chi connectivity index (χ1) is 5.79. The van der Waals surface area contributed by atoms with E-state index in [1.807, 2.05) is 6.07 Å². The monoisotopic (exact) mass is 159 g/mol. The van der Waals surface area contributed by atoms with Gasteiger partial charge in [-0.25, -0.2) is 9.50 Å². The second-order valence-electron chi connectivity index (χ2n) is 2.30. The van der Waals surface area contributed by atoms with Gasteiger partial charge in [-0.1, -0.05) is 0 Å². The maximum absolute atomic E-state index is 8.53. The van der Waals surface area contributed by atoms with Crippen LogP contribution < -0.4 is 5.73 Å². The van der Waals surface area contributed by atoms with E-state index in [2.05, 4.69) is 10.1 Å². The van der Waals surface area contributed by atoms with Gasteiger partial charge in [0.15, 0.2) is 11.3 Å². The SMILES string of the molecule is N#Cc1ccc2nc(N)cn2n1. The molecule has 0 unspecified atom stereocenters. The number of nitriles is 1. The highest BCUT2D eigenvalue weighted by Gasteiger charge is 1.99. The molecular weight excluding hydrogens is 154 g/mol. The molecular formula is C7H5N5. The molecule has 0 aromatic carbocycles. The maximum Gasteiger partial charge on any atom is 0.161 e. The van der Waals surface area contributed by atoms with Gasteiger partial charge in [-0.15, -0.1) is 0 Å². The summed E-state index contributed by atoms with van der Waals surface area (Å²) in [5.41, 5.74) is 6.42. The first kappa shape index (κ1) is 6.61. The first-order valence-corrected chi connectivity index (χ1v) is 3.31. The lowest BCUT2D eigenvalue weighted by molar-refractivity contribution is 0.921. The Morgan fingerprint density at radius 3 is 3.08 bits per heavy atom. The Bertz CT molecular complexity index is 464. The third kappa shape index (κ3) is 0.864. The molecule has 0 aliphatic carbocycles. The fourth-order valence-electron chi connectivity index (χ4n) is 0.960. The molecule has 0 amide bonds. The van der Waals surface area contributed by atoms with Crippen molar-refractivity contribution in [1.29, 1.82) is 5.26 Å². The Hall–Kier alpha value is -2.09. The molecule has 5 heteroatoms. The minimum absolute atomic E-state index is 0.347. The van der Waals surface area contributed by atoms with Crippen molar-refractivity contribution in [3.05, 3.63) is 24.0 Å². The summed E-state index contributed by atoms with van der Waals surface area (Å²) in [6, 6.07) is 5.22. The van der Waals surface area contributed by atoms with Crippen LogP contribution in [-0.2, 0) is 0 Å². The zero-order chi connectivity index (χ0) is 8.55. The van der Waals surface area contributed by atoms with Crippen LogP contribution in [0.5, 0.6) is 0 Å². The highest BCUT2D eigenvalue weighted by Crippen LogP contribution is 2.04. The third-order valence-corrected chi connectivity index (χ3v) is 1.45. The molecule has 5 nitrogen and oxygen atoms in total. The number of hydrogen-bond donors (Lipinski definition) is 1. The van der Waals surface area contributed by atoms with Gasteiger partial charge in [-0.2, -0.15) is 10.4 Å². The van der Waals surface area contributed by atoms with Crippen molar-refractivity contribution in [2.45, 2.75) is 0 Å². The highest BCUT2D eigenvalue weighted by atomic mass is 15.3. The fourth-order valence-corrected chi connectivity index (χ4v) is 0.960. The first-order valence-electron chi connectivity index (χ1n) is 3.31. The molecule has 2 aromatic rings. The Morgan fingerprint density at radius 2 is 2.33 bits per heavy atom. The van der Waals surface area contributed by atoms with Gasteiger partial charge in [0.05, 0.1) is 6.20 Å². The van der Waals surface area contributed by atoms with E-state index in [-0.39, 0.29) is 0 Å². The number of fused-ring (bicyclic) bond motifs is 1.